The minimum Gasteiger partial charge on any atom is -0.545 e. The topological polar surface area (TPSA) is 53.0 Å². The van der Waals surface area contributed by atoms with Crippen LogP contribution in [0.2, 0.25) is 0 Å². The van der Waals surface area contributed by atoms with Gasteiger partial charge >= 0.3 is 0 Å². The van der Waals surface area contributed by atoms with Crippen LogP contribution in [0.4, 0.5) is 0 Å². The predicted molar refractivity (Wildman–Crippen MR) is 67.3 cm³/mol. The maximum absolute atomic E-state index is 11.4. The monoisotopic (exact) mass is 240 g/mol. The summed E-state index contributed by atoms with van der Waals surface area (Å²) in [5.74, 6) is -0.514. The largest absolute Gasteiger partial charge is 0.545 e. The number of hydrogen-bond donors (Lipinski definition) is 0. The lowest BCUT2D eigenvalue weighted by Crippen LogP contribution is -2.27. The number of para-hydroxylation sites is 1. The van der Waals surface area contributed by atoms with E-state index in [2.05, 4.69) is 11.9 Å². The highest BCUT2D eigenvalue weighted by Crippen LogP contribution is 2.30. The SMILES string of the molecule is CC1CCc2c(nc3ccccc3c2C(=O)[O-])C1. The van der Waals surface area contributed by atoms with Crippen molar-refractivity contribution >= 4 is 16.9 Å². The van der Waals surface area contributed by atoms with E-state index >= 15 is 0 Å². The minimum absolute atomic E-state index is 0.350. The Morgan fingerprint density at radius 1 is 1.39 bits per heavy atom. The van der Waals surface area contributed by atoms with Gasteiger partial charge in [-0.05, 0) is 36.8 Å². The molecule has 2 aromatic rings. The number of aromatic nitrogens is 1. The van der Waals surface area contributed by atoms with Crippen LogP contribution in [0, 0.1) is 5.92 Å². The highest BCUT2D eigenvalue weighted by molar-refractivity contribution is 6.03. The maximum Gasteiger partial charge on any atom is 0.0725 e. The second kappa shape index (κ2) is 4.09. The average Bonchev–Trinajstić information content (AvgIpc) is 2.35. The standard InChI is InChI=1S/C15H15NO2/c1-9-6-7-11-13(8-9)16-12-5-3-2-4-10(12)14(11)15(17)18/h2-5,9H,6-8H2,1H3,(H,17,18)/p-1. The smallest absolute Gasteiger partial charge is 0.0725 e. The molecule has 3 rings (SSSR count). The second-order valence-corrected chi connectivity index (χ2v) is 5.06. The van der Waals surface area contributed by atoms with E-state index < -0.39 is 5.97 Å². The van der Waals surface area contributed by atoms with Crippen molar-refractivity contribution in [2.45, 2.75) is 26.2 Å². The quantitative estimate of drug-likeness (QED) is 0.762. The van der Waals surface area contributed by atoms with Gasteiger partial charge in [-0.15, -0.1) is 0 Å². The molecule has 0 radical (unpaired) electrons. The number of fused-ring (bicyclic) bond motifs is 2. The molecular formula is C15H14NO2-. The summed E-state index contributed by atoms with van der Waals surface area (Å²) in [6, 6.07) is 7.40. The number of carbonyl (C=O) groups excluding carboxylic acids is 1. The lowest BCUT2D eigenvalue weighted by atomic mass is 9.84. The Hall–Kier alpha value is -1.90. The van der Waals surface area contributed by atoms with Crippen molar-refractivity contribution in [1.82, 2.24) is 4.98 Å². The molecule has 0 spiro atoms. The molecule has 92 valence electrons. The summed E-state index contributed by atoms with van der Waals surface area (Å²) in [5.41, 5.74) is 2.92. The lowest BCUT2D eigenvalue weighted by molar-refractivity contribution is -0.254. The molecule has 0 amide bonds. The Bertz CT molecular complexity index is 634. The van der Waals surface area contributed by atoms with Crippen LogP contribution in [0.1, 0.15) is 35.0 Å². The Kier molecular flexibility index (Phi) is 2.54. The van der Waals surface area contributed by atoms with Crippen LogP contribution >= 0.6 is 0 Å². The highest BCUT2D eigenvalue weighted by Gasteiger charge is 2.21. The number of pyridine rings is 1. The molecule has 18 heavy (non-hydrogen) atoms. The zero-order valence-corrected chi connectivity index (χ0v) is 10.3. The molecule has 0 aliphatic heterocycles. The number of nitrogens with zero attached hydrogens (tertiary/aromatic N) is 1. The number of hydrogen-bond acceptors (Lipinski definition) is 3. The molecule has 0 saturated heterocycles. The molecule has 0 saturated carbocycles. The molecule has 3 heteroatoms. The predicted octanol–water partition coefficient (Wildman–Crippen LogP) is 1.72. The Balaban J connectivity index is 2.35. The summed E-state index contributed by atoms with van der Waals surface area (Å²) in [4.78, 5) is 16.0. The molecule has 0 fully saturated rings. The van der Waals surface area contributed by atoms with Gasteiger partial charge in [0.15, 0.2) is 0 Å². The van der Waals surface area contributed by atoms with Crippen molar-refractivity contribution in [3.8, 4) is 0 Å². The minimum atomic E-state index is -1.08. The van der Waals surface area contributed by atoms with Crippen LogP contribution in [0.5, 0.6) is 0 Å². The fraction of sp³-hybridized carbons (Fsp3) is 0.333. The highest BCUT2D eigenvalue weighted by atomic mass is 16.4. The van der Waals surface area contributed by atoms with E-state index in [1.807, 2.05) is 24.3 Å². The average molecular weight is 240 g/mol. The van der Waals surface area contributed by atoms with Gasteiger partial charge in [0, 0.05) is 16.6 Å². The van der Waals surface area contributed by atoms with Gasteiger partial charge in [0.25, 0.3) is 0 Å². The zero-order valence-electron chi connectivity index (χ0n) is 10.3. The van der Waals surface area contributed by atoms with E-state index in [0.29, 0.717) is 16.9 Å². The van der Waals surface area contributed by atoms with Crippen molar-refractivity contribution in [1.29, 1.82) is 0 Å². The molecule has 1 atom stereocenters. The van der Waals surface area contributed by atoms with Crippen molar-refractivity contribution in [2.75, 3.05) is 0 Å². The Morgan fingerprint density at radius 2 is 2.17 bits per heavy atom. The van der Waals surface area contributed by atoms with Crippen molar-refractivity contribution in [2.24, 2.45) is 5.92 Å². The maximum atomic E-state index is 11.4. The molecule has 1 unspecified atom stereocenters. The van der Waals surface area contributed by atoms with E-state index in [9.17, 15) is 9.90 Å². The van der Waals surface area contributed by atoms with Gasteiger partial charge in [-0.2, -0.15) is 0 Å². The molecule has 1 aliphatic carbocycles. The fourth-order valence-corrected chi connectivity index (χ4v) is 2.80. The summed E-state index contributed by atoms with van der Waals surface area (Å²) in [6.07, 6.45) is 2.67. The van der Waals surface area contributed by atoms with Gasteiger partial charge in [0.1, 0.15) is 0 Å². The first-order valence-electron chi connectivity index (χ1n) is 6.28. The van der Waals surface area contributed by atoms with Crippen LogP contribution < -0.4 is 5.11 Å². The van der Waals surface area contributed by atoms with Crippen molar-refractivity contribution < 1.29 is 9.90 Å². The van der Waals surface area contributed by atoms with Crippen LogP contribution in [0.15, 0.2) is 24.3 Å². The third kappa shape index (κ3) is 1.67. The van der Waals surface area contributed by atoms with E-state index in [1.165, 1.54) is 0 Å². The number of carboxylic acids is 1. The molecule has 1 aliphatic rings. The van der Waals surface area contributed by atoms with Crippen LogP contribution in [0.25, 0.3) is 10.9 Å². The first-order valence-corrected chi connectivity index (χ1v) is 6.28. The van der Waals surface area contributed by atoms with Gasteiger partial charge < -0.3 is 9.90 Å². The third-order valence-electron chi connectivity index (χ3n) is 3.71. The number of carboxylic acid groups (broad SMARTS) is 1. The first-order chi connectivity index (χ1) is 8.66. The van der Waals surface area contributed by atoms with Crippen molar-refractivity contribution in [3.63, 3.8) is 0 Å². The third-order valence-corrected chi connectivity index (χ3v) is 3.71. The van der Waals surface area contributed by atoms with E-state index in [-0.39, 0.29) is 0 Å². The summed E-state index contributed by atoms with van der Waals surface area (Å²) in [6.45, 7) is 2.18. The summed E-state index contributed by atoms with van der Waals surface area (Å²) >= 11 is 0. The van der Waals surface area contributed by atoms with Gasteiger partial charge in [-0.25, -0.2) is 0 Å². The second-order valence-electron chi connectivity index (χ2n) is 5.06. The lowest BCUT2D eigenvalue weighted by Gasteiger charge is -2.24. The summed E-state index contributed by atoms with van der Waals surface area (Å²) < 4.78 is 0. The molecule has 1 aromatic carbocycles. The number of aromatic carboxylic acids is 1. The first kappa shape index (κ1) is 11.2. The van der Waals surface area contributed by atoms with E-state index in [4.69, 9.17) is 0 Å². The van der Waals surface area contributed by atoms with Crippen LogP contribution in [-0.4, -0.2) is 11.0 Å². The van der Waals surface area contributed by atoms with Crippen LogP contribution in [-0.2, 0) is 12.8 Å². The summed E-state index contributed by atoms with van der Waals surface area (Å²) in [7, 11) is 0. The Labute approximate surface area is 105 Å². The van der Waals surface area contributed by atoms with Gasteiger partial charge in [-0.1, -0.05) is 25.1 Å². The molecule has 1 aromatic heterocycles. The van der Waals surface area contributed by atoms with Gasteiger partial charge in [0.05, 0.1) is 11.5 Å². The molecule has 3 nitrogen and oxygen atoms in total. The van der Waals surface area contributed by atoms with Gasteiger partial charge in [0.2, 0.25) is 0 Å². The number of carbonyl (C=O) groups is 1. The Morgan fingerprint density at radius 3 is 2.94 bits per heavy atom. The molecular weight excluding hydrogens is 226 g/mol. The summed E-state index contributed by atoms with van der Waals surface area (Å²) in [5, 5.41) is 12.1. The zero-order chi connectivity index (χ0) is 12.7. The molecule has 1 heterocycles. The number of rotatable bonds is 1. The molecule has 0 bridgehead atoms. The molecule has 0 N–H and O–H groups in total. The van der Waals surface area contributed by atoms with Gasteiger partial charge in [-0.3, -0.25) is 4.98 Å². The van der Waals surface area contributed by atoms with Crippen molar-refractivity contribution in [3.05, 3.63) is 41.1 Å². The van der Waals surface area contributed by atoms with E-state index in [0.717, 1.165) is 36.0 Å². The van der Waals surface area contributed by atoms with Crippen LogP contribution in [0.3, 0.4) is 0 Å². The normalized spacial score (nSPS) is 18.6. The van der Waals surface area contributed by atoms with E-state index in [1.54, 1.807) is 0 Å². The fourth-order valence-electron chi connectivity index (χ4n) is 2.80. The number of benzene rings is 1.